The average Bonchev–Trinajstić information content (AvgIpc) is 3.29. The highest BCUT2D eigenvalue weighted by atomic mass is 19.1. The largest absolute Gasteiger partial charge is 0.490 e. The summed E-state index contributed by atoms with van der Waals surface area (Å²) in [5, 5.41) is 15.3. The molecule has 3 atom stereocenters. The maximum absolute atomic E-state index is 13.7. The Labute approximate surface area is 155 Å². The van der Waals surface area contributed by atoms with E-state index in [4.69, 9.17) is 4.74 Å². The standard InChI is InChI=1S/C19H21FN6O/c1-11(19-22-24-25-23-19)26-13-3-4-14(26)10-15(9-13)27-18-6-7-21-17-5-2-12(20)8-16(17)18/h2,5-8,11,13-15H,3-4,9-10H2,1H3,(H,22,23,24,25). The van der Waals surface area contributed by atoms with E-state index in [0.29, 0.717) is 17.8 Å². The summed E-state index contributed by atoms with van der Waals surface area (Å²) < 4.78 is 20.0. The van der Waals surface area contributed by atoms with Crippen LogP contribution in [0.4, 0.5) is 4.39 Å². The molecule has 3 aromatic rings. The van der Waals surface area contributed by atoms with Gasteiger partial charge in [-0.3, -0.25) is 9.88 Å². The summed E-state index contributed by atoms with van der Waals surface area (Å²) in [4.78, 5) is 6.81. The molecule has 2 aliphatic heterocycles. The van der Waals surface area contributed by atoms with Gasteiger partial charge in [-0.05, 0) is 56.9 Å². The Morgan fingerprint density at radius 1 is 1.22 bits per heavy atom. The molecule has 1 N–H and O–H groups in total. The smallest absolute Gasteiger partial charge is 0.191 e. The van der Waals surface area contributed by atoms with Crippen LogP contribution < -0.4 is 4.74 Å². The zero-order chi connectivity index (χ0) is 18.4. The van der Waals surface area contributed by atoms with Crippen molar-refractivity contribution in [2.75, 3.05) is 0 Å². The van der Waals surface area contributed by atoms with E-state index in [0.717, 1.165) is 42.4 Å². The third-order valence-electron chi connectivity index (χ3n) is 5.89. The number of rotatable bonds is 4. The zero-order valence-electron chi connectivity index (χ0n) is 15.0. The number of tetrazole rings is 1. The molecule has 2 aliphatic rings. The van der Waals surface area contributed by atoms with Gasteiger partial charge in [-0.15, -0.1) is 10.2 Å². The third kappa shape index (κ3) is 2.93. The summed E-state index contributed by atoms with van der Waals surface area (Å²) >= 11 is 0. The molecule has 1 aromatic carbocycles. The van der Waals surface area contributed by atoms with E-state index in [1.807, 2.05) is 6.07 Å². The lowest BCUT2D eigenvalue weighted by molar-refractivity contribution is 0.0238. The second kappa shape index (κ2) is 6.53. The number of fused-ring (bicyclic) bond motifs is 3. The minimum Gasteiger partial charge on any atom is -0.490 e. The van der Waals surface area contributed by atoms with E-state index in [9.17, 15) is 4.39 Å². The first-order chi connectivity index (χ1) is 13.2. The number of ether oxygens (including phenoxy) is 1. The Balaban J connectivity index is 1.36. The number of aromatic amines is 1. The number of hydrogen-bond acceptors (Lipinski definition) is 6. The van der Waals surface area contributed by atoms with Gasteiger partial charge in [-0.25, -0.2) is 4.39 Å². The molecule has 0 aliphatic carbocycles. The molecule has 2 aromatic heterocycles. The summed E-state index contributed by atoms with van der Waals surface area (Å²) in [5.41, 5.74) is 0.750. The van der Waals surface area contributed by atoms with Crippen LogP contribution in [-0.2, 0) is 0 Å². The van der Waals surface area contributed by atoms with Crippen molar-refractivity contribution < 1.29 is 9.13 Å². The molecular formula is C19H21FN6O. The lowest BCUT2D eigenvalue weighted by Gasteiger charge is -2.41. The first kappa shape index (κ1) is 16.6. The van der Waals surface area contributed by atoms with Gasteiger partial charge < -0.3 is 4.74 Å². The molecule has 2 saturated heterocycles. The Morgan fingerprint density at radius 2 is 2.04 bits per heavy atom. The fraction of sp³-hybridized carbons (Fsp3) is 0.474. The molecule has 0 amide bonds. The molecule has 7 nitrogen and oxygen atoms in total. The summed E-state index contributed by atoms with van der Waals surface area (Å²) in [6, 6.07) is 7.46. The topological polar surface area (TPSA) is 79.8 Å². The van der Waals surface area contributed by atoms with Crippen LogP contribution in [0, 0.1) is 5.82 Å². The molecule has 2 bridgehead atoms. The van der Waals surface area contributed by atoms with Gasteiger partial charge in [0.15, 0.2) is 5.82 Å². The van der Waals surface area contributed by atoms with Crippen molar-refractivity contribution in [2.45, 2.75) is 56.8 Å². The van der Waals surface area contributed by atoms with Crippen molar-refractivity contribution in [1.29, 1.82) is 0 Å². The van der Waals surface area contributed by atoms with Crippen LogP contribution in [0.3, 0.4) is 0 Å². The Morgan fingerprint density at radius 3 is 2.78 bits per heavy atom. The molecule has 2 fully saturated rings. The highest BCUT2D eigenvalue weighted by Gasteiger charge is 2.44. The molecule has 0 spiro atoms. The normalized spacial score (nSPS) is 26.4. The van der Waals surface area contributed by atoms with Crippen LogP contribution in [0.2, 0.25) is 0 Å². The van der Waals surface area contributed by atoms with Crippen molar-refractivity contribution in [2.24, 2.45) is 0 Å². The quantitative estimate of drug-likeness (QED) is 0.763. The molecule has 140 valence electrons. The fourth-order valence-electron chi connectivity index (χ4n) is 4.75. The SMILES string of the molecule is CC(c1nn[nH]n1)N1C2CCC1CC(Oc1ccnc3ccc(F)cc13)C2. The molecule has 3 unspecified atom stereocenters. The summed E-state index contributed by atoms with van der Waals surface area (Å²) in [5.74, 6) is 1.18. The Hall–Kier alpha value is -2.61. The molecule has 0 radical (unpaired) electrons. The number of hydrogen-bond donors (Lipinski definition) is 1. The van der Waals surface area contributed by atoms with Crippen LogP contribution in [0.25, 0.3) is 10.9 Å². The maximum Gasteiger partial charge on any atom is 0.191 e. The number of benzene rings is 1. The monoisotopic (exact) mass is 368 g/mol. The van der Waals surface area contributed by atoms with Gasteiger partial charge in [0.05, 0.1) is 11.6 Å². The predicted octanol–water partition coefficient (Wildman–Crippen LogP) is 3.02. The minimum atomic E-state index is -0.274. The Bertz CT molecular complexity index is 935. The predicted molar refractivity (Wildman–Crippen MR) is 96.6 cm³/mol. The van der Waals surface area contributed by atoms with Gasteiger partial charge in [0.2, 0.25) is 0 Å². The van der Waals surface area contributed by atoms with E-state index in [2.05, 4.69) is 37.4 Å². The first-order valence-corrected chi connectivity index (χ1v) is 9.41. The van der Waals surface area contributed by atoms with Gasteiger partial charge in [0.25, 0.3) is 0 Å². The number of nitrogens with one attached hydrogen (secondary N) is 1. The number of H-pyrrole nitrogens is 1. The first-order valence-electron chi connectivity index (χ1n) is 9.41. The summed E-state index contributed by atoms with van der Waals surface area (Å²) in [6.45, 7) is 2.14. The maximum atomic E-state index is 13.7. The lowest BCUT2D eigenvalue weighted by atomic mass is 9.97. The van der Waals surface area contributed by atoms with E-state index >= 15 is 0 Å². The second-order valence-corrected chi connectivity index (χ2v) is 7.46. The molecule has 4 heterocycles. The van der Waals surface area contributed by atoms with Crippen LogP contribution in [0.5, 0.6) is 5.75 Å². The minimum absolute atomic E-state index is 0.116. The number of halogens is 1. The molecule has 5 rings (SSSR count). The third-order valence-corrected chi connectivity index (χ3v) is 5.89. The van der Waals surface area contributed by atoms with Crippen LogP contribution in [-0.4, -0.2) is 48.7 Å². The van der Waals surface area contributed by atoms with Crippen molar-refractivity contribution in [3.63, 3.8) is 0 Å². The highest BCUT2D eigenvalue weighted by molar-refractivity contribution is 5.84. The van der Waals surface area contributed by atoms with Gasteiger partial charge in [-0.2, -0.15) is 5.21 Å². The Kier molecular flexibility index (Phi) is 4.00. The summed E-state index contributed by atoms with van der Waals surface area (Å²) in [7, 11) is 0. The fourth-order valence-corrected chi connectivity index (χ4v) is 4.75. The zero-order valence-corrected chi connectivity index (χ0v) is 15.0. The lowest BCUT2D eigenvalue weighted by Crippen LogP contribution is -2.47. The number of nitrogens with zero attached hydrogens (tertiary/aromatic N) is 5. The van der Waals surface area contributed by atoms with Crippen LogP contribution in [0.1, 0.15) is 44.5 Å². The van der Waals surface area contributed by atoms with E-state index in [1.54, 1.807) is 12.3 Å². The van der Waals surface area contributed by atoms with Crippen LogP contribution in [0.15, 0.2) is 30.5 Å². The van der Waals surface area contributed by atoms with Gasteiger partial charge in [0, 0.05) is 23.7 Å². The molecule has 27 heavy (non-hydrogen) atoms. The van der Waals surface area contributed by atoms with Crippen molar-refractivity contribution in [3.05, 3.63) is 42.1 Å². The van der Waals surface area contributed by atoms with E-state index < -0.39 is 0 Å². The molecule has 0 saturated carbocycles. The number of pyridine rings is 1. The molecular weight excluding hydrogens is 347 g/mol. The van der Waals surface area contributed by atoms with Gasteiger partial charge in [-0.1, -0.05) is 5.21 Å². The van der Waals surface area contributed by atoms with Gasteiger partial charge in [0.1, 0.15) is 17.7 Å². The van der Waals surface area contributed by atoms with Crippen molar-refractivity contribution >= 4 is 10.9 Å². The number of piperidine rings is 1. The summed E-state index contributed by atoms with van der Waals surface area (Å²) in [6.07, 6.45) is 6.02. The van der Waals surface area contributed by atoms with Crippen LogP contribution >= 0.6 is 0 Å². The molecule has 8 heteroatoms. The van der Waals surface area contributed by atoms with Crippen molar-refractivity contribution in [3.8, 4) is 5.75 Å². The van der Waals surface area contributed by atoms with E-state index in [1.165, 1.54) is 12.1 Å². The van der Waals surface area contributed by atoms with E-state index in [-0.39, 0.29) is 18.0 Å². The average molecular weight is 368 g/mol. The van der Waals surface area contributed by atoms with Crippen molar-refractivity contribution in [1.82, 2.24) is 30.5 Å². The highest BCUT2D eigenvalue weighted by Crippen LogP contribution is 2.42. The number of aromatic nitrogens is 5. The van der Waals surface area contributed by atoms with Gasteiger partial charge >= 0.3 is 0 Å². The second-order valence-electron chi connectivity index (χ2n) is 7.46.